The smallest absolute Gasteiger partial charge is 0.314 e. The number of hydrogen-bond donors (Lipinski definition) is 0. The highest BCUT2D eigenvalue weighted by Gasteiger charge is 2.29. The summed E-state index contributed by atoms with van der Waals surface area (Å²) in [5.41, 5.74) is 5.24. The van der Waals surface area contributed by atoms with Gasteiger partial charge in [0.2, 0.25) is 0 Å². The number of para-hydroxylation sites is 3. The van der Waals surface area contributed by atoms with Crippen molar-refractivity contribution >= 4 is 17.9 Å². The monoisotopic (exact) mass is 744 g/mol. The number of hydrogen-bond acceptors (Lipinski definition) is 9. The Kier molecular flexibility index (Phi) is 9.41. The minimum atomic E-state index is -0.831. The average Bonchev–Trinajstić information content (AvgIpc) is 3.22. The Morgan fingerprint density at radius 2 is 0.768 bits per heavy atom. The van der Waals surface area contributed by atoms with Crippen molar-refractivity contribution < 1.29 is 42.8 Å². The Morgan fingerprint density at radius 1 is 0.429 bits per heavy atom. The van der Waals surface area contributed by atoms with Gasteiger partial charge >= 0.3 is 17.9 Å². The summed E-state index contributed by atoms with van der Waals surface area (Å²) in [5, 5.41) is 0. The predicted molar refractivity (Wildman–Crippen MR) is 206 cm³/mol. The van der Waals surface area contributed by atoms with Crippen LogP contribution in [0.25, 0.3) is 0 Å². The van der Waals surface area contributed by atoms with E-state index in [4.69, 9.17) is 28.4 Å². The maximum atomic E-state index is 14.0. The van der Waals surface area contributed by atoms with Crippen molar-refractivity contribution in [3.05, 3.63) is 161 Å². The fourth-order valence-corrected chi connectivity index (χ4v) is 7.41. The molecule has 0 bridgehead atoms. The second kappa shape index (κ2) is 15.1. The first kappa shape index (κ1) is 34.9. The van der Waals surface area contributed by atoms with Crippen LogP contribution < -0.4 is 28.4 Å². The Labute approximate surface area is 323 Å². The van der Waals surface area contributed by atoms with E-state index in [0.717, 1.165) is 50.6 Å². The molecule has 0 saturated carbocycles. The third-order valence-corrected chi connectivity index (χ3v) is 10.3. The van der Waals surface area contributed by atoms with Gasteiger partial charge < -0.3 is 28.4 Å². The van der Waals surface area contributed by atoms with Crippen molar-refractivity contribution in [1.29, 1.82) is 0 Å². The first-order valence-electron chi connectivity index (χ1n) is 18.7. The summed E-state index contributed by atoms with van der Waals surface area (Å²) < 4.78 is 36.1. The first-order chi connectivity index (χ1) is 27.4. The van der Waals surface area contributed by atoms with Crippen LogP contribution in [0.4, 0.5) is 0 Å². The molecule has 0 radical (unpaired) electrons. The second-order valence-corrected chi connectivity index (χ2v) is 14.0. The molecule has 56 heavy (non-hydrogen) atoms. The second-order valence-electron chi connectivity index (χ2n) is 14.0. The lowest BCUT2D eigenvalue weighted by Gasteiger charge is -2.23. The molecule has 0 atom stereocenters. The number of benzene rings is 6. The largest absolute Gasteiger partial charge is 0.457 e. The molecule has 0 N–H and O–H groups in total. The van der Waals surface area contributed by atoms with Gasteiger partial charge in [0.15, 0.2) is 0 Å². The van der Waals surface area contributed by atoms with Gasteiger partial charge in [0, 0.05) is 48.8 Å². The fraction of sp³-hybridized carbons (Fsp3) is 0.170. The van der Waals surface area contributed by atoms with E-state index in [1.165, 1.54) is 0 Å². The minimum absolute atomic E-state index is 0.0824. The number of fused-ring (bicyclic) bond motifs is 6. The molecule has 278 valence electrons. The lowest BCUT2D eigenvalue weighted by atomic mass is 9.96. The lowest BCUT2D eigenvalue weighted by molar-refractivity contribution is -0.141. The summed E-state index contributed by atoms with van der Waals surface area (Å²) in [6, 6.07) is 39.2. The highest BCUT2D eigenvalue weighted by molar-refractivity contribution is 5.80. The van der Waals surface area contributed by atoms with Crippen molar-refractivity contribution in [2.24, 2.45) is 5.92 Å². The number of rotatable bonds is 10. The van der Waals surface area contributed by atoms with Crippen molar-refractivity contribution in [2.45, 2.75) is 44.9 Å². The van der Waals surface area contributed by atoms with Crippen LogP contribution in [0.5, 0.6) is 51.7 Å². The van der Waals surface area contributed by atoms with Gasteiger partial charge in [-0.2, -0.15) is 0 Å². The van der Waals surface area contributed by atoms with Gasteiger partial charge in [-0.1, -0.05) is 72.8 Å². The molecule has 0 fully saturated rings. The zero-order valence-corrected chi connectivity index (χ0v) is 30.3. The molecule has 3 aliphatic heterocycles. The van der Waals surface area contributed by atoms with Crippen molar-refractivity contribution in [1.82, 2.24) is 0 Å². The van der Waals surface area contributed by atoms with E-state index in [2.05, 4.69) is 0 Å². The van der Waals surface area contributed by atoms with E-state index in [-0.39, 0.29) is 25.7 Å². The molecular weight excluding hydrogens is 709 g/mol. The molecular formula is C47H36O9. The molecule has 0 spiro atoms. The molecule has 9 rings (SSSR count). The summed E-state index contributed by atoms with van der Waals surface area (Å²) in [6.45, 7) is 0. The van der Waals surface area contributed by atoms with E-state index >= 15 is 0 Å². The molecule has 3 aliphatic rings. The van der Waals surface area contributed by atoms with Crippen LogP contribution in [0.3, 0.4) is 0 Å². The topological polar surface area (TPSA) is 107 Å². The van der Waals surface area contributed by atoms with Gasteiger partial charge in [-0.15, -0.1) is 0 Å². The zero-order chi connectivity index (χ0) is 38.0. The van der Waals surface area contributed by atoms with Gasteiger partial charge in [0.1, 0.15) is 51.7 Å². The minimum Gasteiger partial charge on any atom is -0.457 e. The van der Waals surface area contributed by atoms with E-state index in [9.17, 15) is 14.4 Å². The zero-order valence-electron chi connectivity index (χ0n) is 30.3. The summed E-state index contributed by atoms with van der Waals surface area (Å²) >= 11 is 0. The van der Waals surface area contributed by atoms with Gasteiger partial charge in [0.25, 0.3) is 0 Å². The Bertz CT molecular complexity index is 2390. The Hall–Kier alpha value is -6.87. The highest BCUT2D eigenvalue weighted by Crippen LogP contribution is 2.43. The van der Waals surface area contributed by atoms with E-state index in [0.29, 0.717) is 53.8 Å². The first-order valence-corrected chi connectivity index (χ1v) is 18.7. The average molecular weight is 745 g/mol. The summed E-state index contributed by atoms with van der Waals surface area (Å²) in [7, 11) is 0. The van der Waals surface area contributed by atoms with Crippen LogP contribution in [0.2, 0.25) is 0 Å². The Balaban J connectivity index is 0.904. The van der Waals surface area contributed by atoms with Gasteiger partial charge in [-0.3, -0.25) is 14.4 Å². The normalized spacial score (nSPS) is 12.8. The van der Waals surface area contributed by atoms with Crippen molar-refractivity contribution in [3.63, 3.8) is 0 Å². The summed E-state index contributed by atoms with van der Waals surface area (Å²) in [4.78, 5) is 40.8. The molecule has 3 heterocycles. The maximum absolute atomic E-state index is 14.0. The molecule has 0 amide bonds. The van der Waals surface area contributed by atoms with Crippen LogP contribution in [0, 0.1) is 5.92 Å². The number of carbonyl (C=O) groups is 3. The van der Waals surface area contributed by atoms with Crippen LogP contribution in [-0.2, 0) is 33.6 Å². The molecule has 0 aromatic heterocycles. The van der Waals surface area contributed by atoms with Gasteiger partial charge in [0.05, 0.1) is 5.92 Å². The molecule has 6 aromatic carbocycles. The summed E-state index contributed by atoms with van der Waals surface area (Å²) in [5.74, 6) is 2.88. The maximum Gasteiger partial charge on any atom is 0.314 e. The lowest BCUT2D eigenvalue weighted by Crippen LogP contribution is -2.25. The standard InChI is InChI=1S/C47H36O9/c48-45(54-42-19-7-16-39-33(42)26-30-10-1-4-13-36(30)51-39)24-22-29(47(50)56-44-21-9-18-41-35(44)28-32-12-3-6-15-38(32)53-41)23-25-46(49)55-43-20-8-17-40-34(43)27-31-11-2-5-14-37(31)52-40/h1-21,29H,22-28H2. The molecule has 9 nitrogen and oxygen atoms in total. The van der Waals surface area contributed by atoms with Crippen LogP contribution in [0.1, 0.15) is 59.1 Å². The van der Waals surface area contributed by atoms with Crippen LogP contribution in [0.15, 0.2) is 127 Å². The third kappa shape index (κ3) is 7.19. The van der Waals surface area contributed by atoms with E-state index in [1.807, 2.05) is 91.0 Å². The number of carbonyl (C=O) groups excluding carboxylic acids is 3. The molecule has 6 aromatic rings. The molecule has 0 saturated heterocycles. The van der Waals surface area contributed by atoms with Crippen molar-refractivity contribution in [2.75, 3.05) is 0 Å². The third-order valence-electron chi connectivity index (χ3n) is 10.3. The van der Waals surface area contributed by atoms with Gasteiger partial charge in [-0.25, -0.2) is 0 Å². The quantitative estimate of drug-likeness (QED) is 0.0999. The van der Waals surface area contributed by atoms with Crippen LogP contribution in [-0.4, -0.2) is 17.9 Å². The summed E-state index contributed by atoms with van der Waals surface area (Å²) in [6.07, 6.45) is 1.59. The van der Waals surface area contributed by atoms with Crippen molar-refractivity contribution in [3.8, 4) is 51.7 Å². The van der Waals surface area contributed by atoms with Crippen LogP contribution >= 0.6 is 0 Å². The molecule has 0 aliphatic carbocycles. The van der Waals surface area contributed by atoms with E-state index in [1.54, 1.807) is 36.4 Å². The number of ether oxygens (including phenoxy) is 6. The fourth-order valence-electron chi connectivity index (χ4n) is 7.41. The molecule has 9 heteroatoms. The van der Waals surface area contributed by atoms with Gasteiger partial charge in [-0.05, 0) is 84.1 Å². The highest BCUT2D eigenvalue weighted by atomic mass is 16.5. The molecule has 0 unspecified atom stereocenters. The van der Waals surface area contributed by atoms with E-state index < -0.39 is 23.8 Å². The number of esters is 3. The predicted octanol–water partition coefficient (Wildman–Crippen LogP) is 10.1. The Morgan fingerprint density at radius 3 is 1.16 bits per heavy atom. The SMILES string of the molecule is O=C(CCC(CCC(=O)Oc1cccc2c1Cc1ccccc1O2)C(=O)Oc1cccc2c1Cc1ccccc1O2)Oc1cccc2c1Cc1ccccc1O2.